The van der Waals surface area contributed by atoms with Gasteiger partial charge in [0.2, 0.25) is 0 Å². The Labute approximate surface area is 112 Å². The van der Waals surface area contributed by atoms with Gasteiger partial charge in [-0.1, -0.05) is 11.6 Å². The summed E-state index contributed by atoms with van der Waals surface area (Å²) in [4.78, 5) is 14.2. The van der Waals surface area contributed by atoms with E-state index in [0.29, 0.717) is 5.56 Å². The number of nitrogens with one attached hydrogen (secondary N) is 1. The fraction of sp³-hybridized carbons (Fsp3) is 0.462. The summed E-state index contributed by atoms with van der Waals surface area (Å²) in [5.74, 6) is -0.150. The summed E-state index contributed by atoms with van der Waals surface area (Å²) in [6.07, 6.45) is 2.10. The molecular weight excluding hydrogens is 252 g/mol. The Kier molecular flexibility index (Phi) is 4.09. The molecule has 1 aromatic rings. The highest BCUT2D eigenvalue weighted by Crippen LogP contribution is 2.23. The fourth-order valence-electron chi connectivity index (χ4n) is 2.20. The number of amides is 1. The van der Waals surface area contributed by atoms with Crippen LogP contribution in [0.25, 0.3) is 0 Å². The second-order valence-electron chi connectivity index (χ2n) is 4.74. The van der Waals surface area contributed by atoms with E-state index in [4.69, 9.17) is 11.6 Å². The fourth-order valence-corrected chi connectivity index (χ4v) is 2.38. The molecule has 0 aromatic heterocycles. The van der Waals surface area contributed by atoms with E-state index < -0.39 is 0 Å². The first-order chi connectivity index (χ1) is 8.56. The molecule has 1 aromatic carbocycles. The lowest BCUT2D eigenvalue weighted by Crippen LogP contribution is -2.46. The van der Waals surface area contributed by atoms with E-state index in [1.54, 1.807) is 6.07 Å². The van der Waals surface area contributed by atoms with Gasteiger partial charge in [-0.15, -0.1) is 0 Å². The van der Waals surface area contributed by atoms with E-state index in [-0.39, 0.29) is 22.7 Å². The number of nitrogens with zero attached hydrogens (tertiary/aromatic N) is 1. The van der Waals surface area contributed by atoms with Crippen LogP contribution in [-0.2, 0) is 0 Å². The quantitative estimate of drug-likeness (QED) is 0.861. The third-order valence-corrected chi connectivity index (χ3v) is 3.47. The minimum absolute atomic E-state index is 0.00869. The van der Waals surface area contributed by atoms with Crippen LogP contribution >= 0.6 is 11.6 Å². The molecule has 0 aliphatic carbocycles. The largest absolute Gasteiger partial charge is 0.506 e. The predicted molar refractivity (Wildman–Crippen MR) is 71.1 cm³/mol. The van der Waals surface area contributed by atoms with Crippen molar-refractivity contribution in [1.82, 2.24) is 10.2 Å². The third kappa shape index (κ3) is 3.15. The number of carbonyl (C=O) groups is 1. The van der Waals surface area contributed by atoms with Gasteiger partial charge >= 0.3 is 0 Å². The van der Waals surface area contributed by atoms with Gasteiger partial charge < -0.3 is 15.3 Å². The van der Waals surface area contributed by atoms with E-state index in [2.05, 4.69) is 17.3 Å². The number of rotatable bonds is 2. The lowest BCUT2D eigenvalue weighted by atomic mass is 10.1. The molecule has 1 aliphatic rings. The van der Waals surface area contributed by atoms with Gasteiger partial charge in [0.1, 0.15) is 5.75 Å². The van der Waals surface area contributed by atoms with Gasteiger partial charge in [-0.25, -0.2) is 0 Å². The van der Waals surface area contributed by atoms with Crippen LogP contribution in [0.1, 0.15) is 23.2 Å². The Morgan fingerprint density at radius 3 is 3.00 bits per heavy atom. The molecule has 1 atom stereocenters. The Bertz CT molecular complexity index is 451. The van der Waals surface area contributed by atoms with E-state index >= 15 is 0 Å². The molecule has 1 heterocycles. The molecule has 4 nitrogen and oxygen atoms in total. The zero-order chi connectivity index (χ0) is 13.1. The van der Waals surface area contributed by atoms with Crippen molar-refractivity contribution in [2.24, 2.45) is 0 Å². The number of hydrogen-bond donors (Lipinski definition) is 2. The summed E-state index contributed by atoms with van der Waals surface area (Å²) in [7, 11) is 2.05. The Balaban J connectivity index is 2.00. The molecule has 0 spiro atoms. The van der Waals surface area contributed by atoms with Crippen LogP contribution in [0.2, 0.25) is 5.02 Å². The molecular formula is C13H17ClN2O2. The second kappa shape index (κ2) is 5.59. The molecule has 1 amide bonds. The van der Waals surface area contributed by atoms with Gasteiger partial charge in [-0.2, -0.15) is 0 Å². The van der Waals surface area contributed by atoms with Crippen LogP contribution in [0.15, 0.2) is 18.2 Å². The van der Waals surface area contributed by atoms with Gasteiger partial charge in [-0.3, -0.25) is 4.79 Å². The molecule has 0 bridgehead atoms. The van der Waals surface area contributed by atoms with Crippen LogP contribution < -0.4 is 5.32 Å². The average molecular weight is 269 g/mol. The highest BCUT2D eigenvalue weighted by Gasteiger charge is 2.19. The number of halogens is 1. The molecule has 2 N–H and O–H groups in total. The standard InChI is InChI=1S/C13H17ClN2O2/c1-16-6-2-3-10(8-16)15-13(18)9-4-5-12(17)11(14)7-9/h4-5,7,10,17H,2-3,6,8H2,1H3,(H,15,18). The first kappa shape index (κ1) is 13.2. The van der Waals surface area contributed by atoms with Crippen LogP contribution in [0.4, 0.5) is 0 Å². The maximum Gasteiger partial charge on any atom is 0.251 e. The van der Waals surface area contributed by atoms with Crippen molar-refractivity contribution < 1.29 is 9.90 Å². The molecule has 0 radical (unpaired) electrons. The molecule has 18 heavy (non-hydrogen) atoms. The highest BCUT2D eigenvalue weighted by molar-refractivity contribution is 6.32. The van der Waals surface area contributed by atoms with Gasteiger partial charge in [-0.05, 0) is 44.6 Å². The first-order valence-corrected chi connectivity index (χ1v) is 6.42. The highest BCUT2D eigenvalue weighted by atomic mass is 35.5. The smallest absolute Gasteiger partial charge is 0.251 e. The summed E-state index contributed by atoms with van der Waals surface area (Å²) < 4.78 is 0. The topological polar surface area (TPSA) is 52.6 Å². The van der Waals surface area contributed by atoms with Crippen LogP contribution in [0, 0.1) is 0 Å². The maximum atomic E-state index is 12.0. The van der Waals surface area contributed by atoms with Crippen molar-refractivity contribution in [3.8, 4) is 5.75 Å². The number of likely N-dealkylation sites (tertiary alicyclic amines) is 1. The molecule has 1 saturated heterocycles. The molecule has 0 saturated carbocycles. The molecule has 1 fully saturated rings. The third-order valence-electron chi connectivity index (χ3n) is 3.17. The summed E-state index contributed by atoms with van der Waals surface area (Å²) in [6.45, 7) is 1.95. The number of carbonyl (C=O) groups excluding carboxylic acids is 1. The summed E-state index contributed by atoms with van der Waals surface area (Å²) >= 11 is 5.79. The maximum absolute atomic E-state index is 12.0. The van der Waals surface area contributed by atoms with Crippen molar-refractivity contribution in [1.29, 1.82) is 0 Å². The van der Waals surface area contributed by atoms with Crippen molar-refractivity contribution in [2.75, 3.05) is 20.1 Å². The van der Waals surface area contributed by atoms with Crippen LogP contribution in [-0.4, -0.2) is 42.1 Å². The number of phenols is 1. The molecule has 5 heteroatoms. The van der Waals surface area contributed by atoms with E-state index in [9.17, 15) is 9.90 Å². The van der Waals surface area contributed by atoms with Crippen LogP contribution in [0.3, 0.4) is 0 Å². The normalized spacial score (nSPS) is 20.7. The van der Waals surface area contributed by atoms with E-state index in [1.165, 1.54) is 12.1 Å². The summed E-state index contributed by atoms with van der Waals surface area (Å²) in [5.41, 5.74) is 0.478. The second-order valence-corrected chi connectivity index (χ2v) is 5.15. The van der Waals surface area contributed by atoms with E-state index in [0.717, 1.165) is 25.9 Å². The Morgan fingerprint density at radius 2 is 2.33 bits per heavy atom. The zero-order valence-electron chi connectivity index (χ0n) is 10.3. The number of phenolic OH excluding ortho intramolecular Hbond substituents is 1. The van der Waals surface area contributed by atoms with Gasteiger partial charge in [0.25, 0.3) is 5.91 Å². The van der Waals surface area contributed by atoms with Gasteiger partial charge in [0, 0.05) is 18.2 Å². The van der Waals surface area contributed by atoms with Crippen molar-refractivity contribution in [3.63, 3.8) is 0 Å². The number of likely N-dealkylation sites (N-methyl/N-ethyl adjacent to an activating group) is 1. The number of aromatic hydroxyl groups is 1. The van der Waals surface area contributed by atoms with Crippen LogP contribution in [0.5, 0.6) is 5.75 Å². The Morgan fingerprint density at radius 1 is 1.56 bits per heavy atom. The van der Waals surface area contributed by atoms with E-state index in [1.807, 2.05) is 0 Å². The minimum Gasteiger partial charge on any atom is -0.506 e. The zero-order valence-corrected chi connectivity index (χ0v) is 11.1. The molecule has 1 unspecified atom stereocenters. The minimum atomic E-state index is -0.141. The molecule has 98 valence electrons. The van der Waals surface area contributed by atoms with Crippen molar-refractivity contribution in [3.05, 3.63) is 28.8 Å². The van der Waals surface area contributed by atoms with Gasteiger partial charge in [0.05, 0.1) is 5.02 Å². The monoisotopic (exact) mass is 268 g/mol. The number of benzene rings is 1. The lowest BCUT2D eigenvalue weighted by molar-refractivity contribution is 0.0912. The van der Waals surface area contributed by atoms with Crippen molar-refractivity contribution in [2.45, 2.75) is 18.9 Å². The van der Waals surface area contributed by atoms with Crippen molar-refractivity contribution >= 4 is 17.5 Å². The lowest BCUT2D eigenvalue weighted by Gasteiger charge is -2.30. The SMILES string of the molecule is CN1CCCC(NC(=O)c2ccc(O)c(Cl)c2)C1. The summed E-state index contributed by atoms with van der Waals surface area (Å²) in [5, 5.41) is 12.5. The molecule has 2 rings (SSSR count). The Hall–Kier alpha value is -1.26. The molecule has 1 aliphatic heterocycles. The number of hydrogen-bond acceptors (Lipinski definition) is 3. The first-order valence-electron chi connectivity index (χ1n) is 6.04. The number of piperidine rings is 1. The predicted octanol–water partition coefficient (Wildman–Crippen LogP) is 1.87. The summed E-state index contributed by atoms with van der Waals surface area (Å²) in [6, 6.07) is 4.68. The van der Waals surface area contributed by atoms with Gasteiger partial charge in [0.15, 0.2) is 0 Å². The average Bonchev–Trinajstić information content (AvgIpc) is 2.32.